The van der Waals surface area contributed by atoms with E-state index in [1.807, 2.05) is 0 Å². The van der Waals surface area contributed by atoms with Gasteiger partial charge in [-0.3, -0.25) is 19.7 Å². The molecular formula is C12H13F3N2O6. The molecule has 1 amide bonds. The van der Waals surface area contributed by atoms with Crippen molar-refractivity contribution < 1.29 is 37.2 Å². The van der Waals surface area contributed by atoms with Crippen LogP contribution in [0.4, 0.5) is 18.9 Å². The summed E-state index contributed by atoms with van der Waals surface area (Å²) in [5, 5.41) is 10.5. The molecule has 1 aromatic carbocycles. The van der Waals surface area contributed by atoms with Crippen molar-refractivity contribution in [2.45, 2.75) is 20.2 Å². The van der Waals surface area contributed by atoms with Gasteiger partial charge in [0.25, 0.3) is 11.6 Å². The van der Waals surface area contributed by atoms with Crippen LogP contribution in [0.5, 0.6) is 5.75 Å². The summed E-state index contributed by atoms with van der Waals surface area (Å²) in [6.45, 7) is 3.65. The van der Waals surface area contributed by atoms with E-state index in [-0.39, 0.29) is 5.97 Å². The average Bonchev–Trinajstić information content (AvgIpc) is 2.36. The highest BCUT2D eigenvalue weighted by molar-refractivity contribution is 5.97. The van der Waals surface area contributed by atoms with E-state index < -0.39 is 34.2 Å². The standard InChI is InChI=1S/C8H5F3N2O4.C4H8O2/c9-8(10,11)17-4-1-2-6(13(15)16)5(3-4)7(12)14;1-3-6-4(2)5/h1-3H,(H2,12,14);3H2,1-2H3. The van der Waals surface area contributed by atoms with Gasteiger partial charge in [0.1, 0.15) is 11.3 Å². The van der Waals surface area contributed by atoms with Gasteiger partial charge in [-0.05, 0) is 13.0 Å². The van der Waals surface area contributed by atoms with Crippen molar-refractivity contribution >= 4 is 17.6 Å². The van der Waals surface area contributed by atoms with Gasteiger partial charge in [0, 0.05) is 19.1 Å². The van der Waals surface area contributed by atoms with Crippen LogP contribution in [0.25, 0.3) is 0 Å². The Morgan fingerprint density at radius 1 is 1.35 bits per heavy atom. The largest absolute Gasteiger partial charge is 0.573 e. The lowest BCUT2D eigenvalue weighted by Gasteiger charge is -2.09. The monoisotopic (exact) mass is 338 g/mol. The second-order valence-corrected chi connectivity index (χ2v) is 3.77. The van der Waals surface area contributed by atoms with Gasteiger partial charge in [0.2, 0.25) is 0 Å². The highest BCUT2D eigenvalue weighted by atomic mass is 19.4. The minimum absolute atomic E-state index is 0.211. The van der Waals surface area contributed by atoms with Crippen LogP contribution in [0, 0.1) is 10.1 Å². The van der Waals surface area contributed by atoms with Crippen molar-refractivity contribution in [2.24, 2.45) is 5.73 Å². The first-order valence-corrected chi connectivity index (χ1v) is 5.95. The maximum Gasteiger partial charge on any atom is 0.573 e. The zero-order chi connectivity index (χ0) is 18.2. The number of hydrogen-bond donors (Lipinski definition) is 1. The summed E-state index contributed by atoms with van der Waals surface area (Å²) in [6, 6.07) is 1.99. The number of carbonyl (C=O) groups excluding carboxylic acids is 2. The van der Waals surface area contributed by atoms with E-state index in [4.69, 9.17) is 5.73 Å². The Hall–Kier alpha value is -2.85. The molecule has 0 heterocycles. The molecule has 23 heavy (non-hydrogen) atoms. The molecule has 128 valence electrons. The fourth-order valence-corrected chi connectivity index (χ4v) is 1.27. The molecule has 0 fully saturated rings. The van der Waals surface area contributed by atoms with Crippen molar-refractivity contribution in [1.29, 1.82) is 0 Å². The number of amides is 1. The first-order valence-electron chi connectivity index (χ1n) is 5.95. The number of ether oxygens (including phenoxy) is 2. The van der Waals surface area contributed by atoms with Gasteiger partial charge in [0.15, 0.2) is 0 Å². The number of carbonyl (C=O) groups is 2. The van der Waals surface area contributed by atoms with Crippen LogP contribution in [0.2, 0.25) is 0 Å². The van der Waals surface area contributed by atoms with Crippen LogP contribution in [-0.2, 0) is 9.53 Å². The minimum atomic E-state index is -4.95. The SMILES string of the molecule is CCOC(C)=O.NC(=O)c1cc(OC(F)(F)F)ccc1[N+](=O)[O-]. The summed E-state index contributed by atoms with van der Waals surface area (Å²) in [7, 11) is 0. The lowest BCUT2D eigenvalue weighted by atomic mass is 10.1. The Morgan fingerprint density at radius 3 is 2.22 bits per heavy atom. The Bertz CT molecular complexity index is 589. The second-order valence-electron chi connectivity index (χ2n) is 3.77. The second kappa shape index (κ2) is 8.56. The van der Waals surface area contributed by atoms with E-state index in [1.54, 1.807) is 6.92 Å². The van der Waals surface area contributed by atoms with Gasteiger partial charge >= 0.3 is 12.3 Å². The van der Waals surface area contributed by atoms with Crippen molar-refractivity contribution in [3.05, 3.63) is 33.9 Å². The molecule has 0 bridgehead atoms. The number of alkyl halides is 3. The fourth-order valence-electron chi connectivity index (χ4n) is 1.27. The third-order valence-corrected chi connectivity index (χ3v) is 2.01. The number of nitrogens with two attached hydrogens (primary N) is 1. The molecular weight excluding hydrogens is 325 g/mol. The molecule has 0 atom stereocenters. The number of rotatable bonds is 4. The molecule has 0 aliphatic carbocycles. The van der Waals surface area contributed by atoms with E-state index in [9.17, 15) is 32.9 Å². The van der Waals surface area contributed by atoms with Crippen molar-refractivity contribution in [3.8, 4) is 5.75 Å². The molecule has 1 aromatic rings. The first kappa shape index (κ1) is 20.1. The fraction of sp³-hybridized carbons (Fsp3) is 0.333. The van der Waals surface area contributed by atoms with Crippen molar-refractivity contribution in [1.82, 2.24) is 0 Å². The number of nitrogens with zero attached hydrogens (tertiary/aromatic N) is 1. The van der Waals surface area contributed by atoms with Crippen molar-refractivity contribution in [3.63, 3.8) is 0 Å². The Morgan fingerprint density at radius 2 is 1.91 bits per heavy atom. The van der Waals surface area contributed by atoms with E-state index in [0.717, 1.165) is 6.07 Å². The lowest BCUT2D eigenvalue weighted by Crippen LogP contribution is -2.18. The van der Waals surface area contributed by atoms with Gasteiger partial charge in [-0.25, -0.2) is 0 Å². The van der Waals surface area contributed by atoms with Gasteiger partial charge in [-0.2, -0.15) is 0 Å². The van der Waals surface area contributed by atoms with Crippen LogP contribution in [0.3, 0.4) is 0 Å². The predicted octanol–water partition coefficient (Wildman–Crippen LogP) is 2.16. The number of esters is 1. The summed E-state index contributed by atoms with van der Waals surface area (Å²) >= 11 is 0. The molecule has 0 saturated heterocycles. The molecule has 11 heteroatoms. The number of primary amides is 1. The Kier molecular flexibility index (Phi) is 7.50. The number of hydrogen-bond acceptors (Lipinski definition) is 6. The maximum absolute atomic E-state index is 11.9. The van der Waals surface area contributed by atoms with Crippen LogP contribution < -0.4 is 10.5 Å². The van der Waals surface area contributed by atoms with Crippen LogP contribution >= 0.6 is 0 Å². The maximum atomic E-state index is 11.9. The summed E-state index contributed by atoms with van der Waals surface area (Å²) in [5.41, 5.74) is 3.46. The molecule has 2 N–H and O–H groups in total. The third-order valence-electron chi connectivity index (χ3n) is 2.01. The van der Waals surface area contributed by atoms with Crippen molar-refractivity contribution in [2.75, 3.05) is 6.61 Å². The number of nitro groups is 1. The quantitative estimate of drug-likeness (QED) is 0.510. The van der Waals surface area contributed by atoms with Gasteiger partial charge in [-0.15, -0.1) is 13.2 Å². The molecule has 0 aromatic heterocycles. The summed E-state index contributed by atoms with van der Waals surface area (Å²) < 4.78 is 43.5. The smallest absolute Gasteiger partial charge is 0.466 e. The summed E-state index contributed by atoms with van der Waals surface area (Å²) in [6.07, 6.45) is -4.95. The molecule has 0 aliphatic heterocycles. The first-order chi connectivity index (χ1) is 10.5. The highest BCUT2D eigenvalue weighted by Gasteiger charge is 2.32. The third kappa shape index (κ3) is 8.24. The van der Waals surface area contributed by atoms with E-state index in [2.05, 4.69) is 9.47 Å². The van der Waals surface area contributed by atoms with E-state index >= 15 is 0 Å². The predicted molar refractivity (Wildman–Crippen MR) is 70.6 cm³/mol. The summed E-state index contributed by atoms with van der Waals surface area (Å²) in [5.74, 6) is -2.18. The van der Waals surface area contributed by atoms with Gasteiger partial charge < -0.3 is 15.2 Å². The number of nitro benzene ring substituents is 1. The Labute approximate surface area is 128 Å². The molecule has 0 radical (unpaired) electrons. The zero-order valence-corrected chi connectivity index (χ0v) is 12.0. The topological polar surface area (TPSA) is 122 Å². The zero-order valence-electron chi connectivity index (χ0n) is 12.0. The van der Waals surface area contributed by atoms with Gasteiger partial charge in [0.05, 0.1) is 11.5 Å². The molecule has 0 saturated carbocycles. The van der Waals surface area contributed by atoms with Crippen LogP contribution in [-0.4, -0.2) is 29.8 Å². The molecule has 8 nitrogen and oxygen atoms in total. The molecule has 0 unspecified atom stereocenters. The van der Waals surface area contributed by atoms with Gasteiger partial charge in [-0.1, -0.05) is 0 Å². The lowest BCUT2D eigenvalue weighted by molar-refractivity contribution is -0.385. The molecule has 0 aliphatic rings. The number of halogens is 3. The molecule has 0 spiro atoms. The number of benzene rings is 1. The highest BCUT2D eigenvalue weighted by Crippen LogP contribution is 2.27. The van der Waals surface area contributed by atoms with Crippen LogP contribution in [0.1, 0.15) is 24.2 Å². The normalized spacial score (nSPS) is 10.1. The Balaban J connectivity index is 0.000000688. The summed E-state index contributed by atoms with van der Waals surface area (Å²) in [4.78, 5) is 30.2. The average molecular weight is 338 g/mol. The molecule has 1 rings (SSSR count). The van der Waals surface area contributed by atoms with E-state index in [0.29, 0.717) is 18.7 Å². The van der Waals surface area contributed by atoms with Crippen LogP contribution in [0.15, 0.2) is 18.2 Å². The minimum Gasteiger partial charge on any atom is -0.466 e. The van der Waals surface area contributed by atoms with E-state index in [1.165, 1.54) is 6.92 Å².